The third kappa shape index (κ3) is 4.23. The van der Waals surface area contributed by atoms with Gasteiger partial charge in [0.1, 0.15) is 5.76 Å². The number of hydrogen-bond acceptors (Lipinski definition) is 3. The molecule has 1 aromatic carbocycles. The van der Waals surface area contributed by atoms with Crippen LogP contribution in [0.25, 0.3) is 0 Å². The number of hydrogen-bond donors (Lipinski definition) is 2. The monoisotopic (exact) mass is 258 g/mol. The van der Waals surface area contributed by atoms with Crippen LogP contribution in [0.4, 0.5) is 0 Å². The quantitative estimate of drug-likeness (QED) is 0.802. The summed E-state index contributed by atoms with van der Waals surface area (Å²) in [5, 5.41) is 3.54. The second-order valence-corrected chi connectivity index (χ2v) is 4.87. The van der Waals surface area contributed by atoms with E-state index in [2.05, 4.69) is 36.5 Å². The van der Waals surface area contributed by atoms with Crippen molar-refractivity contribution in [1.29, 1.82) is 0 Å². The van der Waals surface area contributed by atoms with Crippen LogP contribution in [0, 0.1) is 0 Å². The normalized spacial score (nSPS) is 12.5. The molecule has 0 fully saturated rings. The molecule has 102 valence electrons. The fourth-order valence-electron chi connectivity index (χ4n) is 2.22. The maximum atomic E-state index is 5.64. The minimum absolute atomic E-state index is 0.386. The molecule has 19 heavy (non-hydrogen) atoms. The van der Waals surface area contributed by atoms with Crippen LogP contribution in [-0.4, -0.2) is 12.6 Å². The molecule has 0 saturated heterocycles. The van der Waals surface area contributed by atoms with E-state index in [1.807, 2.05) is 12.1 Å². The maximum Gasteiger partial charge on any atom is 0.105 e. The molecule has 2 aromatic rings. The van der Waals surface area contributed by atoms with Crippen molar-refractivity contribution >= 4 is 0 Å². The molecule has 1 heterocycles. The van der Waals surface area contributed by atoms with Crippen LogP contribution in [0.1, 0.15) is 23.8 Å². The highest BCUT2D eigenvalue weighted by molar-refractivity contribution is 5.27. The molecule has 0 spiro atoms. The van der Waals surface area contributed by atoms with Gasteiger partial charge >= 0.3 is 0 Å². The molecular weight excluding hydrogens is 236 g/mol. The topological polar surface area (TPSA) is 51.2 Å². The van der Waals surface area contributed by atoms with Crippen LogP contribution >= 0.6 is 0 Å². The summed E-state index contributed by atoms with van der Waals surface area (Å²) in [5.41, 5.74) is 8.31. The van der Waals surface area contributed by atoms with Gasteiger partial charge in [0.15, 0.2) is 0 Å². The van der Waals surface area contributed by atoms with E-state index < -0.39 is 0 Å². The van der Waals surface area contributed by atoms with E-state index in [0.29, 0.717) is 12.6 Å². The van der Waals surface area contributed by atoms with E-state index in [-0.39, 0.29) is 0 Å². The van der Waals surface area contributed by atoms with Crippen molar-refractivity contribution in [2.75, 3.05) is 6.54 Å². The molecule has 0 aliphatic heterocycles. The van der Waals surface area contributed by atoms with Gasteiger partial charge in [0.25, 0.3) is 0 Å². The third-order valence-electron chi connectivity index (χ3n) is 3.26. The van der Waals surface area contributed by atoms with E-state index >= 15 is 0 Å². The van der Waals surface area contributed by atoms with Gasteiger partial charge in [-0.2, -0.15) is 0 Å². The smallest absolute Gasteiger partial charge is 0.105 e. The van der Waals surface area contributed by atoms with Gasteiger partial charge in [-0.15, -0.1) is 0 Å². The Bertz CT molecular complexity index is 479. The molecule has 3 heteroatoms. The summed E-state index contributed by atoms with van der Waals surface area (Å²) in [5.74, 6) is 1.02. The Morgan fingerprint density at radius 3 is 2.63 bits per heavy atom. The van der Waals surface area contributed by atoms with Crippen molar-refractivity contribution in [3.05, 3.63) is 59.5 Å². The lowest BCUT2D eigenvalue weighted by atomic mass is 10.0. The van der Waals surface area contributed by atoms with Crippen molar-refractivity contribution < 1.29 is 4.42 Å². The second-order valence-electron chi connectivity index (χ2n) is 4.87. The SMILES string of the molecule is CC(Cc1ccco1)NCc1ccccc1CCN. The highest BCUT2D eigenvalue weighted by Gasteiger charge is 2.06. The molecule has 0 radical (unpaired) electrons. The zero-order chi connectivity index (χ0) is 13.5. The van der Waals surface area contributed by atoms with Crippen LogP contribution in [0.5, 0.6) is 0 Å². The van der Waals surface area contributed by atoms with E-state index in [0.717, 1.165) is 25.1 Å². The maximum absolute atomic E-state index is 5.64. The number of benzene rings is 1. The fourth-order valence-corrected chi connectivity index (χ4v) is 2.22. The van der Waals surface area contributed by atoms with Crippen molar-refractivity contribution in [3.8, 4) is 0 Å². The van der Waals surface area contributed by atoms with Gasteiger partial charge in [-0.05, 0) is 43.1 Å². The van der Waals surface area contributed by atoms with Gasteiger partial charge in [0, 0.05) is 19.0 Å². The van der Waals surface area contributed by atoms with Crippen molar-refractivity contribution in [2.24, 2.45) is 5.73 Å². The lowest BCUT2D eigenvalue weighted by Gasteiger charge is -2.14. The van der Waals surface area contributed by atoms with Crippen molar-refractivity contribution in [1.82, 2.24) is 5.32 Å². The van der Waals surface area contributed by atoms with Crippen LogP contribution in [0.15, 0.2) is 47.1 Å². The second kappa shape index (κ2) is 7.12. The predicted molar refractivity (Wildman–Crippen MR) is 77.9 cm³/mol. The lowest BCUT2D eigenvalue weighted by Crippen LogP contribution is -2.28. The van der Waals surface area contributed by atoms with Crippen LogP contribution in [0.2, 0.25) is 0 Å². The summed E-state index contributed by atoms with van der Waals surface area (Å²) >= 11 is 0. The van der Waals surface area contributed by atoms with Crippen LogP contribution < -0.4 is 11.1 Å². The molecule has 2 rings (SSSR count). The number of nitrogens with two attached hydrogens (primary N) is 1. The molecule has 0 bridgehead atoms. The van der Waals surface area contributed by atoms with E-state index in [1.54, 1.807) is 6.26 Å². The zero-order valence-electron chi connectivity index (χ0n) is 11.4. The molecule has 0 saturated carbocycles. The summed E-state index contributed by atoms with van der Waals surface area (Å²) in [6.45, 7) is 3.74. The van der Waals surface area contributed by atoms with E-state index in [9.17, 15) is 0 Å². The minimum atomic E-state index is 0.386. The standard InChI is InChI=1S/C16H22N2O/c1-13(11-16-7-4-10-19-16)18-12-15-6-3-2-5-14(15)8-9-17/h2-7,10,13,18H,8-9,11-12,17H2,1H3. The van der Waals surface area contributed by atoms with Gasteiger partial charge in [-0.25, -0.2) is 0 Å². The molecule has 0 aliphatic carbocycles. The molecule has 3 N–H and O–H groups in total. The first kappa shape index (κ1) is 13.8. The molecule has 1 atom stereocenters. The molecule has 1 unspecified atom stereocenters. The molecule has 0 aliphatic rings. The first-order valence-corrected chi connectivity index (χ1v) is 6.82. The summed E-state index contributed by atoms with van der Waals surface area (Å²) in [7, 11) is 0. The van der Waals surface area contributed by atoms with E-state index in [4.69, 9.17) is 10.2 Å². The number of furan rings is 1. The molecular formula is C16H22N2O. The third-order valence-corrected chi connectivity index (χ3v) is 3.26. The lowest BCUT2D eigenvalue weighted by molar-refractivity contribution is 0.456. The van der Waals surface area contributed by atoms with Crippen LogP contribution in [0.3, 0.4) is 0 Å². The van der Waals surface area contributed by atoms with Gasteiger partial charge in [0.05, 0.1) is 6.26 Å². The summed E-state index contributed by atoms with van der Waals surface area (Å²) in [4.78, 5) is 0. The molecule has 0 amide bonds. The van der Waals surface area contributed by atoms with Gasteiger partial charge in [-0.3, -0.25) is 0 Å². The predicted octanol–water partition coefficient (Wildman–Crippen LogP) is 2.50. The summed E-state index contributed by atoms with van der Waals surface area (Å²) < 4.78 is 5.36. The fraction of sp³-hybridized carbons (Fsp3) is 0.375. The minimum Gasteiger partial charge on any atom is -0.469 e. The van der Waals surface area contributed by atoms with Crippen LogP contribution in [-0.2, 0) is 19.4 Å². The Hall–Kier alpha value is -1.58. The Morgan fingerprint density at radius 1 is 1.16 bits per heavy atom. The Labute approximate surface area is 114 Å². The zero-order valence-corrected chi connectivity index (χ0v) is 11.4. The number of rotatable bonds is 7. The molecule has 1 aromatic heterocycles. The summed E-state index contributed by atoms with van der Waals surface area (Å²) in [6, 6.07) is 12.8. The van der Waals surface area contributed by atoms with Gasteiger partial charge in [-0.1, -0.05) is 24.3 Å². The van der Waals surface area contributed by atoms with Gasteiger partial charge in [0.2, 0.25) is 0 Å². The van der Waals surface area contributed by atoms with E-state index in [1.165, 1.54) is 11.1 Å². The highest BCUT2D eigenvalue weighted by atomic mass is 16.3. The Kier molecular flexibility index (Phi) is 5.19. The van der Waals surface area contributed by atoms with Crippen molar-refractivity contribution in [2.45, 2.75) is 32.4 Å². The average molecular weight is 258 g/mol. The van der Waals surface area contributed by atoms with Gasteiger partial charge < -0.3 is 15.5 Å². The molecule has 3 nitrogen and oxygen atoms in total. The summed E-state index contributed by atoms with van der Waals surface area (Å²) in [6.07, 6.45) is 3.56. The largest absolute Gasteiger partial charge is 0.469 e. The highest BCUT2D eigenvalue weighted by Crippen LogP contribution is 2.10. The van der Waals surface area contributed by atoms with Crippen molar-refractivity contribution in [3.63, 3.8) is 0 Å². The first-order chi connectivity index (χ1) is 9.29. The number of nitrogens with one attached hydrogen (secondary N) is 1. The first-order valence-electron chi connectivity index (χ1n) is 6.82. The average Bonchev–Trinajstić information content (AvgIpc) is 2.91. The Morgan fingerprint density at radius 2 is 1.95 bits per heavy atom. The Balaban J connectivity index is 1.87.